The van der Waals surface area contributed by atoms with Crippen molar-refractivity contribution in [3.8, 4) is 5.75 Å². The molecule has 4 nitrogen and oxygen atoms in total. The van der Waals surface area contributed by atoms with Gasteiger partial charge in [-0.2, -0.15) is 0 Å². The van der Waals surface area contributed by atoms with Gasteiger partial charge in [0.25, 0.3) is 0 Å². The van der Waals surface area contributed by atoms with Crippen molar-refractivity contribution in [2.75, 3.05) is 6.54 Å². The number of aryl methyl sites for hydroxylation is 2. The van der Waals surface area contributed by atoms with Crippen LogP contribution in [-0.2, 0) is 26.0 Å². The monoisotopic (exact) mass is 272 g/mol. The van der Waals surface area contributed by atoms with E-state index in [2.05, 4.69) is 29.5 Å². The van der Waals surface area contributed by atoms with E-state index < -0.39 is 0 Å². The first-order chi connectivity index (χ1) is 9.85. The van der Waals surface area contributed by atoms with E-state index in [1.165, 1.54) is 30.4 Å². The van der Waals surface area contributed by atoms with Crippen molar-refractivity contribution in [3.05, 3.63) is 46.8 Å². The van der Waals surface area contributed by atoms with Crippen LogP contribution in [0.5, 0.6) is 5.75 Å². The topological polar surface area (TPSA) is 47.3 Å². The van der Waals surface area contributed by atoms with Gasteiger partial charge in [-0.3, -0.25) is 0 Å². The molecule has 1 aromatic carbocycles. The third-order valence-corrected chi connectivity index (χ3v) is 3.61. The molecule has 0 fully saturated rings. The van der Waals surface area contributed by atoms with Crippen molar-refractivity contribution in [1.82, 2.24) is 10.5 Å². The number of rotatable bonds is 6. The molecule has 0 spiro atoms. The zero-order valence-electron chi connectivity index (χ0n) is 11.8. The van der Waals surface area contributed by atoms with Crippen LogP contribution in [0.15, 0.2) is 28.8 Å². The molecular weight excluding hydrogens is 252 g/mol. The van der Waals surface area contributed by atoms with E-state index in [1.807, 2.05) is 12.1 Å². The number of benzene rings is 1. The van der Waals surface area contributed by atoms with Gasteiger partial charge in [0.1, 0.15) is 12.4 Å². The van der Waals surface area contributed by atoms with Crippen LogP contribution in [0.2, 0.25) is 0 Å². The molecule has 0 unspecified atom stereocenters. The highest BCUT2D eigenvalue weighted by Crippen LogP contribution is 2.26. The third kappa shape index (κ3) is 3.02. The predicted molar refractivity (Wildman–Crippen MR) is 76.7 cm³/mol. The molecule has 1 aromatic heterocycles. The average Bonchev–Trinajstić information content (AvgIpc) is 3.11. The fourth-order valence-electron chi connectivity index (χ4n) is 2.55. The van der Waals surface area contributed by atoms with Gasteiger partial charge in [-0.15, -0.1) is 0 Å². The van der Waals surface area contributed by atoms with Gasteiger partial charge in [-0.25, -0.2) is 0 Å². The predicted octanol–water partition coefficient (Wildman–Crippen LogP) is 2.85. The molecule has 0 saturated carbocycles. The highest BCUT2D eigenvalue weighted by atomic mass is 16.5. The Morgan fingerprint density at radius 1 is 1.25 bits per heavy atom. The lowest BCUT2D eigenvalue weighted by Crippen LogP contribution is -2.11. The second kappa shape index (κ2) is 6.09. The van der Waals surface area contributed by atoms with E-state index in [-0.39, 0.29) is 0 Å². The second-order valence-electron chi connectivity index (χ2n) is 5.14. The Morgan fingerprint density at radius 2 is 2.15 bits per heavy atom. The van der Waals surface area contributed by atoms with Crippen molar-refractivity contribution in [3.63, 3.8) is 0 Å². The van der Waals surface area contributed by atoms with Gasteiger partial charge < -0.3 is 14.6 Å². The minimum Gasteiger partial charge on any atom is -0.486 e. The molecule has 4 heteroatoms. The summed E-state index contributed by atoms with van der Waals surface area (Å²) >= 11 is 0. The summed E-state index contributed by atoms with van der Waals surface area (Å²) < 4.78 is 11.0. The van der Waals surface area contributed by atoms with Crippen molar-refractivity contribution in [2.24, 2.45) is 0 Å². The Balaban J connectivity index is 1.57. The molecule has 2 aromatic rings. The smallest absolute Gasteiger partial charge is 0.174 e. The van der Waals surface area contributed by atoms with Gasteiger partial charge in [0.05, 0.1) is 5.69 Å². The van der Waals surface area contributed by atoms with Gasteiger partial charge in [0.2, 0.25) is 0 Å². The van der Waals surface area contributed by atoms with Crippen LogP contribution in [0.3, 0.4) is 0 Å². The first-order valence-electron chi connectivity index (χ1n) is 7.25. The summed E-state index contributed by atoms with van der Waals surface area (Å²) in [5.41, 5.74) is 3.80. The highest BCUT2D eigenvalue weighted by molar-refractivity contribution is 5.38. The molecule has 1 N–H and O–H groups in total. The van der Waals surface area contributed by atoms with E-state index in [1.54, 1.807) is 0 Å². The molecule has 0 atom stereocenters. The lowest BCUT2D eigenvalue weighted by molar-refractivity contribution is 0.248. The van der Waals surface area contributed by atoms with E-state index in [4.69, 9.17) is 9.26 Å². The SMILES string of the molecule is CCNCc1cc(COc2ccc3c(c2)CCC3)on1. The molecule has 0 saturated heterocycles. The van der Waals surface area contributed by atoms with Crippen LogP contribution < -0.4 is 10.1 Å². The number of hydrogen-bond acceptors (Lipinski definition) is 4. The Labute approximate surface area is 119 Å². The molecule has 1 aliphatic rings. The molecule has 0 aliphatic heterocycles. The normalized spacial score (nSPS) is 13.4. The largest absolute Gasteiger partial charge is 0.486 e. The number of nitrogens with zero attached hydrogens (tertiary/aromatic N) is 1. The van der Waals surface area contributed by atoms with Gasteiger partial charge in [-0.05, 0) is 49.1 Å². The van der Waals surface area contributed by atoms with Crippen molar-refractivity contribution >= 4 is 0 Å². The Hall–Kier alpha value is -1.81. The molecule has 0 bridgehead atoms. The van der Waals surface area contributed by atoms with E-state index in [0.717, 1.165) is 30.3 Å². The van der Waals surface area contributed by atoms with Crippen molar-refractivity contribution in [1.29, 1.82) is 0 Å². The number of fused-ring (bicyclic) bond motifs is 1. The maximum absolute atomic E-state index is 5.78. The number of nitrogens with one attached hydrogen (secondary N) is 1. The zero-order chi connectivity index (χ0) is 13.8. The molecule has 1 aliphatic carbocycles. The van der Waals surface area contributed by atoms with Crippen LogP contribution in [0.4, 0.5) is 0 Å². The molecule has 0 amide bonds. The summed E-state index contributed by atoms with van der Waals surface area (Å²) in [4.78, 5) is 0. The molecule has 20 heavy (non-hydrogen) atoms. The number of ether oxygens (including phenoxy) is 1. The van der Waals surface area contributed by atoms with Crippen LogP contribution in [-0.4, -0.2) is 11.7 Å². The van der Waals surface area contributed by atoms with Crippen LogP contribution >= 0.6 is 0 Å². The average molecular weight is 272 g/mol. The van der Waals surface area contributed by atoms with E-state index in [9.17, 15) is 0 Å². The summed E-state index contributed by atoms with van der Waals surface area (Å²) in [6.07, 6.45) is 3.63. The Bertz CT molecular complexity index is 578. The van der Waals surface area contributed by atoms with Crippen LogP contribution in [0.1, 0.15) is 35.9 Å². The van der Waals surface area contributed by atoms with Gasteiger partial charge in [-0.1, -0.05) is 18.1 Å². The molecule has 106 valence electrons. The maximum atomic E-state index is 5.78. The van der Waals surface area contributed by atoms with E-state index >= 15 is 0 Å². The molecule has 3 rings (SSSR count). The Kier molecular flexibility index (Phi) is 4.02. The molecule has 0 radical (unpaired) electrons. The minimum absolute atomic E-state index is 0.428. The van der Waals surface area contributed by atoms with Gasteiger partial charge >= 0.3 is 0 Å². The molecular formula is C16H20N2O2. The lowest BCUT2D eigenvalue weighted by atomic mass is 10.1. The van der Waals surface area contributed by atoms with Crippen molar-refractivity contribution in [2.45, 2.75) is 39.3 Å². The number of hydrogen-bond donors (Lipinski definition) is 1. The minimum atomic E-state index is 0.428. The third-order valence-electron chi connectivity index (χ3n) is 3.61. The first-order valence-corrected chi connectivity index (χ1v) is 7.25. The van der Waals surface area contributed by atoms with Gasteiger partial charge in [0.15, 0.2) is 5.76 Å². The first kappa shape index (κ1) is 13.2. The summed E-state index contributed by atoms with van der Waals surface area (Å²) in [6, 6.07) is 8.31. The van der Waals surface area contributed by atoms with Crippen LogP contribution in [0.25, 0.3) is 0 Å². The standard InChI is InChI=1S/C16H20N2O2/c1-2-17-10-14-9-16(20-18-14)11-19-15-7-6-12-4-3-5-13(12)8-15/h6-9,17H,2-5,10-11H2,1H3. The fraction of sp³-hybridized carbons (Fsp3) is 0.438. The van der Waals surface area contributed by atoms with Crippen LogP contribution in [0, 0.1) is 0 Å². The zero-order valence-corrected chi connectivity index (χ0v) is 11.8. The summed E-state index contributed by atoms with van der Waals surface area (Å²) in [5, 5.41) is 7.22. The Morgan fingerprint density at radius 3 is 3.05 bits per heavy atom. The fourth-order valence-corrected chi connectivity index (χ4v) is 2.55. The second-order valence-corrected chi connectivity index (χ2v) is 5.14. The summed E-state index contributed by atoms with van der Waals surface area (Å²) in [5.74, 6) is 1.67. The molecule has 1 heterocycles. The lowest BCUT2D eigenvalue weighted by Gasteiger charge is -2.06. The summed E-state index contributed by atoms with van der Waals surface area (Å²) in [7, 11) is 0. The van der Waals surface area contributed by atoms with Gasteiger partial charge in [0, 0.05) is 12.6 Å². The maximum Gasteiger partial charge on any atom is 0.174 e. The highest BCUT2D eigenvalue weighted by Gasteiger charge is 2.11. The quantitative estimate of drug-likeness (QED) is 0.878. The number of aromatic nitrogens is 1. The van der Waals surface area contributed by atoms with E-state index in [0.29, 0.717) is 6.61 Å². The van der Waals surface area contributed by atoms with Crippen molar-refractivity contribution < 1.29 is 9.26 Å². The summed E-state index contributed by atoms with van der Waals surface area (Å²) in [6.45, 7) is 4.16.